The molecule has 0 unspecified atom stereocenters. The van der Waals surface area contributed by atoms with E-state index in [1.807, 2.05) is 0 Å². The molecule has 4 nitrogen and oxygen atoms in total. The zero-order valence-corrected chi connectivity index (χ0v) is 7.33. The fraction of sp³-hybridized carbons (Fsp3) is 0.143. The monoisotopic (exact) mass is 223 g/mol. The van der Waals surface area contributed by atoms with Crippen LogP contribution in [0.2, 0.25) is 5.02 Å². The number of carboxylic acids is 1. The summed E-state index contributed by atoms with van der Waals surface area (Å²) >= 11 is 5.43. The maximum atomic E-state index is 11.8. The molecule has 0 saturated heterocycles. The van der Waals surface area contributed by atoms with Crippen molar-refractivity contribution in [3.63, 3.8) is 0 Å². The smallest absolute Gasteiger partial charge is 0.388 e. The van der Waals surface area contributed by atoms with Gasteiger partial charge >= 0.3 is 12.6 Å². The highest BCUT2D eigenvalue weighted by Crippen LogP contribution is 2.20. The van der Waals surface area contributed by atoms with E-state index >= 15 is 0 Å². The first-order valence-corrected chi connectivity index (χ1v) is 3.72. The number of hydrogen-bond donors (Lipinski definition) is 1. The molecule has 0 aliphatic rings. The number of carboxylic acid groups (broad SMARTS) is 1. The topological polar surface area (TPSA) is 59.4 Å². The van der Waals surface area contributed by atoms with Crippen molar-refractivity contribution in [2.45, 2.75) is 6.61 Å². The van der Waals surface area contributed by atoms with Crippen molar-refractivity contribution in [1.29, 1.82) is 0 Å². The predicted octanol–water partition coefficient (Wildman–Crippen LogP) is 2.03. The van der Waals surface area contributed by atoms with Gasteiger partial charge in [-0.15, -0.1) is 0 Å². The molecule has 0 aliphatic carbocycles. The molecule has 76 valence electrons. The normalized spacial score (nSPS) is 10.3. The molecule has 0 spiro atoms. The van der Waals surface area contributed by atoms with Gasteiger partial charge in [0.2, 0.25) is 5.88 Å². The minimum absolute atomic E-state index is 0.0315. The lowest BCUT2D eigenvalue weighted by atomic mass is 10.3. The second-order valence-corrected chi connectivity index (χ2v) is 2.63. The molecule has 1 rings (SSSR count). The Bertz CT molecular complexity index is 359. The maximum Gasteiger partial charge on any atom is 0.388 e. The van der Waals surface area contributed by atoms with Gasteiger partial charge in [-0.05, 0) is 6.07 Å². The van der Waals surface area contributed by atoms with Crippen LogP contribution in [0.1, 0.15) is 10.4 Å². The molecule has 0 amide bonds. The SMILES string of the molecule is O=C(O)c1cc(Cl)cnc1OC(F)F. The van der Waals surface area contributed by atoms with Crippen LogP contribution in [0.25, 0.3) is 0 Å². The van der Waals surface area contributed by atoms with Crippen LogP contribution in [0.5, 0.6) is 5.88 Å². The number of hydrogen-bond acceptors (Lipinski definition) is 3. The Balaban J connectivity index is 3.08. The summed E-state index contributed by atoms with van der Waals surface area (Å²) in [6.07, 6.45) is 1.02. The molecule has 1 N–H and O–H groups in total. The molecular formula is C7H4ClF2NO3. The summed E-state index contributed by atoms with van der Waals surface area (Å²) in [4.78, 5) is 13.9. The number of alkyl halides is 2. The molecule has 0 fully saturated rings. The lowest BCUT2D eigenvalue weighted by molar-refractivity contribution is -0.0533. The van der Waals surface area contributed by atoms with E-state index < -0.39 is 24.0 Å². The van der Waals surface area contributed by atoms with Crippen LogP contribution in [-0.2, 0) is 0 Å². The van der Waals surface area contributed by atoms with Crippen LogP contribution >= 0.6 is 11.6 Å². The van der Waals surface area contributed by atoms with Crippen molar-refractivity contribution in [3.05, 3.63) is 22.8 Å². The number of nitrogens with zero attached hydrogens (tertiary/aromatic N) is 1. The van der Waals surface area contributed by atoms with Gasteiger partial charge in [0.1, 0.15) is 5.56 Å². The molecule has 0 aliphatic heterocycles. The van der Waals surface area contributed by atoms with E-state index in [0.29, 0.717) is 0 Å². The number of rotatable bonds is 3. The van der Waals surface area contributed by atoms with Crippen LogP contribution in [-0.4, -0.2) is 22.7 Å². The third kappa shape index (κ3) is 2.53. The highest BCUT2D eigenvalue weighted by molar-refractivity contribution is 6.30. The number of aromatic nitrogens is 1. The Morgan fingerprint density at radius 1 is 1.64 bits per heavy atom. The summed E-state index contributed by atoms with van der Waals surface area (Å²) in [5.41, 5.74) is -0.502. The van der Waals surface area contributed by atoms with Gasteiger partial charge in [-0.1, -0.05) is 11.6 Å². The summed E-state index contributed by atoms with van der Waals surface area (Å²) in [7, 11) is 0. The van der Waals surface area contributed by atoms with E-state index in [-0.39, 0.29) is 5.02 Å². The van der Waals surface area contributed by atoms with Gasteiger partial charge in [0.05, 0.1) is 5.02 Å². The van der Waals surface area contributed by atoms with E-state index in [0.717, 1.165) is 12.3 Å². The minimum atomic E-state index is -3.12. The van der Waals surface area contributed by atoms with Crippen molar-refractivity contribution in [1.82, 2.24) is 4.98 Å². The van der Waals surface area contributed by atoms with Gasteiger partial charge in [-0.3, -0.25) is 0 Å². The van der Waals surface area contributed by atoms with E-state index in [1.165, 1.54) is 0 Å². The number of aromatic carboxylic acids is 1. The molecule has 0 saturated carbocycles. The largest absolute Gasteiger partial charge is 0.477 e. The van der Waals surface area contributed by atoms with Gasteiger partial charge in [-0.2, -0.15) is 8.78 Å². The lowest BCUT2D eigenvalue weighted by Gasteiger charge is -2.05. The molecular weight excluding hydrogens is 220 g/mol. The van der Waals surface area contributed by atoms with Gasteiger partial charge < -0.3 is 9.84 Å². The molecule has 7 heteroatoms. The fourth-order valence-corrected chi connectivity index (χ4v) is 0.916. The number of ether oxygens (including phenoxy) is 1. The van der Waals surface area contributed by atoms with Gasteiger partial charge in [0, 0.05) is 6.20 Å². The van der Waals surface area contributed by atoms with Crippen LogP contribution < -0.4 is 4.74 Å². The first kappa shape index (κ1) is 10.6. The zero-order valence-electron chi connectivity index (χ0n) is 6.58. The third-order valence-electron chi connectivity index (χ3n) is 1.25. The van der Waals surface area contributed by atoms with Crippen molar-refractivity contribution < 1.29 is 23.4 Å². The van der Waals surface area contributed by atoms with Crippen molar-refractivity contribution in [3.8, 4) is 5.88 Å². The Morgan fingerprint density at radius 2 is 2.29 bits per heavy atom. The quantitative estimate of drug-likeness (QED) is 0.852. The highest BCUT2D eigenvalue weighted by atomic mass is 35.5. The van der Waals surface area contributed by atoms with Crippen LogP contribution in [0, 0.1) is 0 Å². The van der Waals surface area contributed by atoms with Crippen LogP contribution in [0.3, 0.4) is 0 Å². The molecule has 14 heavy (non-hydrogen) atoms. The standard InChI is InChI=1S/C7H4ClF2NO3/c8-3-1-4(6(12)13)5(11-2-3)14-7(9)10/h1-2,7H,(H,12,13). The summed E-state index contributed by atoms with van der Waals surface area (Å²) in [5, 5.41) is 8.61. The van der Waals surface area contributed by atoms with Crippen molar-refractivity contribution >= 4 is 17.6 Å². The highest BCUT2D eigenvalue weighted by Gasteiger charge is 2.16. The average molecular weight is 224 g/mol. The molecule has 0 atom stereocenters. The molecule has 0 radical (unpaired) electrons. The summed E-state index contributed by atoms with van der Waals surface area (Å²) in [6, 6.07) is 0.981. The van der Waals surface area contributed by atoms with Crippen LogP contribution in [0.15, 0.2) is 12.3 Å². The first-order valence-electron chi connectivity index (χ1n) is 3.34. The minimum Gasteiger partial charge on any atom is -0.477 e. The molecule has 1 heterocycles. The van der Waals surface area contributed by atoms with E-state index in [2.05, 4.69) is 9.72 Å². The Morgan fingerprint density at radius 3 is 2.79 bits per heavy atom. The second-order valence-electron chi connectivity index (χ2n) is 2.19. The Labute approximate surface area is 82.1 Å². The average Bonchev–Trinajstić information content (AvgIpc) is 2.07. The summed E-state index contributed by atoms with van der Waals surface area (Å²) in [5.74, 6) is -2.09. The fourth-order valence-electron chi connectivity index (χ4n) is 0.758. The zero-order chi connectivity index (χ0) is 10.7. The summed E-state index contributed by atoms with van der Waals surface area (Å²) in [6.45, 7) is -3.12. The van der Waals surface area contributed by atoms with Gasteiger partial charge in [-0.25, -0.2) is 9.78 Å². The first-order chi connectivity index (χ1) is 6.50. The van der Waals surface area contributed by atoms with Gasteiger partial charge in [0.25, 0.3) is 0 Å². The maximum absolute atomic E-state index is 11.8. The number of pyridine rings is 1. The summed E-state index contributed by atoms with van der Waals surface area (Å²) < 4.78 is 27.4. The molecule has 1 aromatic rings. The molecule has 0 bridgehead atoms. The molecule has 1 aromatic heterocycles. The van der Waals surface area contributed by atoms with E-state index in [1.54, 1.807) is 0 Å². The molecule has 0 aromatic carbocycles. The Hall–Kier alpha value is -1.43. The predicted molar refractivity (Wildman–Crippen MR) is 42.8 cm³/mol. The Kier molecular flexibility index (Phi) is 3.19. The lowest BCUT2D eigenvalue weighted by Crippen LogP contribution is -2.09. The van der Waals surface area contributed by atoms with Crippen molar-refractivity contribution in [2.24, 2.45) is 0 Å². The van der Waals surface area contributed by atoms with E-state index in [9.17, 15) is 13.6 Å². The van der Waals surface area contributed by atoms with Gasteiger partial charge in [0.15, 0.2) is 0 Å². The number of carbonyl (C=O) groups is 1. The second kappa shape index (κ2) is 4.19. The van der Waals surface area contributed by atoms with Crippen LogP contribution in [0.4, 0.5) is 8.78 Å². The third-order valence-corrected chi connectivity index (χ3v) is 1.46. The van der Waals surface area contributed by atoms with E-state index in [4.69, 9.17) is 16.7 Å². The van der Waals surface area contributed by atoms with Crippen molar-refractivity contribution in [2.75, 3.05) is 0 Å². The number of halogens is 3.